The Kier molecular flexibility index (Phi) is 5.17. The standard InChI is InChI=1S/C22H20N4OS2/c1-13-8-7-9-14(2)19(13)24-22(28)25-26-15(3)23-17-12-18(29-20(17)21(26)27)16-10-5-4-6-11-16/h4-12H,1-3H3,(H2,24,25,28). The van der Waals surface area contributed by atoms with Gasteiger partial charge in [-0.15, -0.1) is 11.3 Å². The normalized spacial score (nSPS) is 10.9. The summed E-state index contributed by atoms with van der Waals surface area (Å²) in [6.45, 7) is 5.81. The van der Waals surface area contributed by atoms with E-state index < -0.39 is 0 Å². The van der Waals surface area contributed by atoms with Gasteiger partial charge in [0.25, 0.3) is 5.56 Å². The maximum Gasteiger partial charge on any atom is 0.290 e. The number of aromatic nitrogens is 2. The number of nitrogens with one attached hydrogen (secondary N) is 2. The van der Waals surface area contributed by atoms with Crippen LogP contribution in [0.3, 0.4) is 0 Å². The lowest BCUT2D eigenvalue weighted by atomic mass is 10.1. The Morgan fingerprint density at radius 3 is 2.41 bits per heavy atom. The highest BCUT2D eigenvalue weighted by Crippen LogP contribution is 2.30. The number of hydrogen-bond acceptors (Lipinski definition) is 4. The maximum atomic E-state index is 13.1. The van der Waals surface area contributed by atoms with Crippen molar-refractivity contribution < 1.29 is 0 Å². The molecule has 0 fully saturated rings. The van der Waals surface area contributed by atoms with E-state index >= 15 is 0 Å². The first-order valence-corrected chi connectivity index (χ1v) is 10.4. The van der Waals surface area contributed by atoms with Crippen LogP contribution in [0.4, 0.5) is 5.69 Å². The average Bonchev–Trinajstić information content (AvgIpc) is 3.13. The molecule has 7 heteroatoms. The van der Waals surface area contributed by atoms with E-state index in [0.717, 1.165) is 27.3 Å². The number of nitrogens with zero attached hydrogens (tertiary/aromatic N) is 2. The van der Waals surface area contributed by atoms with Crippen LogP contribution in [0.15, 0.2) is 59.4 Å². The topological polar surface area (TPSA) is 58.9 Å². The van der Waals surface area contributed by atoms with Crippen molar-refractivity contribution in [3.63, 3.8) is 0 Å². The minimum Gasteiger partial charge on any atom is -0.331 e. The van der Waals surface area contributed by atoms with Gasteiger partial charge in [-0.1, -0.05) is 48.5 Å². The molecular weight excluding hydrogens is 400 g/mol. The fraction of sp³-hybridized carbons (Fsp3) is 0.136. The number of fused-ring (bicyclic) bond motifs is 1. The van der Waals surface area contributed by atoms with Gasteiger partial charge in [-0.05, 0) is 55.7 Å². The molecule has 0 spiro atoms. The fourth-order valence-electron chi connectivity index (χ4n) is 3.22. The molecule has 5 nitrogen and oxygen atoms in total. The third-order valence-electron chi connectivity index (χ3n) is 4.71. The van der Waals surface area contributed by atoms with Crippen LogP contribution in [-0.2, 0) is 0 Å². The molecule has 0 bridgehead atoms. The van der Waals surface area contributed by atoms with Gasteiger partial charge in [0.15, 0.2) is 5.11 Å². The summed E-state index contributed by atoms with van der Waals surface area (Å²) < 4.78 is 1.99. The van der Waals surface area contributed by atoms with Crippen molar-refractivity contribution in [2.75, 3.05) is 10.7 Å². The molecular formula is C22H20N4OS2. The highest BCUT2D eigenvalue weighted by molar-refractivity contribution is 7.80. The van der Waals surface area contributed by atoms with E-state index in [9.17, 15) is 4.79 Å². The number of para-hydroxylation sites is 1. The third-order valence-corrected chi connectivity index (χ3v) is 6.06. The molecule has 2 heterocycles. The first-order chi connectivity index (χ1) is 13.9. The average molecular weight is 421 g/mol. The van der Waals surface area contributed by atoms with Crippen molar-refractivity contribution in [1.82, 2.24) is 9.66 Å². The van der Waals surface area contributed by atoms with Gasteiger partial charge in [0.2, 0.25) is 0 Å². The summed E-state index contributed by atoms with van der Waals surface area (Å²) in [7, 11) is 0. The van der Waals surface area contributed by atoms with Crippen LogP contribution in [0.25, 0.3) is 20.7 Å². The van der Waals surface area contributed by atoms with Crippen molar-refractivity contribution in [2.45, 2.75) is 20.8 Å². The Morgan fingerprint density at radius 1 is 1.03 bits per heavy atom. The second-order valence-corrected chi connectivity index (χ2v) is 8.28. The minimum atomic E-state index is -0.162. The van der Waals surface area contributed by atoms with Gasteiger partial charge in [-0.25, -0.2) is 9.66 Å². The molecule has 0 aliphatic carbocycles. The lowest BCUT2D eigenvalue weighted by molar-refractivity contribution is 0.841. The molecule has 2 N–H and O–H groups in total. The van der Waals surface area contributed by atoms with Gasteiger partial charge in [0, 0.05) is 10.6 Å². The van der Waals surface area contributed by atoms with E-state index in [-0.39, 0.29) is 5.56 Å². The molecule has 2 aromatic heterocycles. The molecule has 0 aliphatic rings. The summed E-state index contributed by atoms with van der Waals surface area (Å²) >= 11 is 6.89. The molecule has 0 radical (unpaired) electrons. The van der Waals surface area contributed by atoms with Crippen LogP contribution in [0.2, 0.25) is 0 Å². The van der Waals surface area contributed by atoms with E-state index in [1.54, 1.807) is 6.92 Å². The molecule has 29 heavy (non-hydrogen) atoms. The number of benzene rings is 2. The van der Waals surface area contributed by atoms with E-state index in [4.69, 9.17) is 12.2 Å². The first-order valence-electron chi connectivity index (χ1n) is 9.17. The van der Waals surface area contributed by atoms with Crippen molar-refractivity contribution in [3.8, 4) is 10.4 Å². The number of hydrogen-bond donors (Lipinski definition) is 2. The van der Waals surface area contributed by atoms with Crippen LogP contribution < -0.4 is 16.3 Å². The zero-order chi connectivity index (χ0) is 20.5. The van der Waals surface area contributed by atoms with E-state index in [1.165, 1.54) is 16.0 Å². The van der Waals surface area contributed by atoms with Crippen molar-refractivity contribution in [3.05, 3.63) is 81.9 Å². The summed E-state index contributed by atoms with van der Waals surface area (Å²) in [5.41, 5.74) is 7.69. The van der Waals surface area contributed by atoms with E-state index in [0.29, 0.717) is 21.2 Å². The van der Waals surface area contributed by atoms with Gasteiger partial charge in [-0.3, -0.25) is 10.2 Å². The summed E-state index contributed by atoms with van der Waals surface area (Å²) in [5.74, 6) is 0.547. The molecule has 0 aliphatic heterocycles. The predicted octanol–water partition coefficient (Wildman–Crippen LogP) is 4.99. The number of anilines is 1. The number of thiophene rings is 1. The minimum absolute atomic E-state index is 0.162. The Balaban J connectivity index is 1.67. The van der Waals surface area contributed by atoms with Crippen LogP contribution in [-0.4, -0.2) is 14.8 Å². The Bertz CT molecular complexity index is 1260. The van der Waals surface area contributed by atoms with Gasteiger partial charge in [0.1, 0.15) is 10.5 Å². The molecule has 0 unspecified atom stereocenters. The molecule has 2 aromatic carbocycles. The molecule has 4 rings (SSSR count). The van der Waals surface area contributed by atoms with Crippen molar-refractivity contribution in [1.29, 1.82) is 0 Å². The van der Waals surface area contributed by atoms with Crippen LogP contribution >= 0.6 is 23.6 Å². The zero-order valence-corrected chi connectivity index (χ0v) is 17.9. The van der Waals surface area contributed by atoms with Crippen LogP contribution in [0.1, 0.15) is 17.0 Å². The van der Waals surface area contributed by atoms with Crippen molar-refractivity contribution >= 4 is 44.6 Å². The second kappa shape index (κ2) is 7.77. The molecule has 0 saturated heterocycles. The smallest absolute Gasteiger partial charge is 0.290 e. The highest BCUT2D eigenvalue weighted by atomic mass is 32.1. The number of aryl methyl sites for hydroxylation is 3. The first kappa shape index (κ1) is 19.3. The van der Waals surface area contributed by atoms with E-state index in [2.05, 4.69) is 15.7 Å². The molecule has 146 valence electrons. The highest BCUT2D eigenvalue weighted by Gasteiger charge is 2.14. The lowest BCUT2D eigenvalue weighted by Crippen LogP contribution is -2.37. The quantitative estimate of drug-likeness (QED) is 0.457. The summed E-state index contributed by atoms with van der Waals surface area (Å²) in [5, 5.41) is 3.54. The van der Waals surface area contributed by atoms with Crippen molar-refractivity contribution in [2.24, 2.45) is 0 Å². The van der Waals surface area contributed by atoms with E-state index in [1.807, 2.05) is 68.4 Å². The van der Waals surface area contributed by atoms with Gasteiger partial charge in [-0.2, -0.15) is 0 Å². The fourth-order valence-corrected chi connectivity index (χ4v) is 4.45. The lowest BCUT2D eigenvalue weighted by Gasteiger charge is -2.16. The maximum absolute atomic E-state index is 13.1. The third kappa shape index (κ3) is 3.79. The van der Waals surface area contributed by atoms with Gasteiger partial charge >= 0.3 is 0 Å². The summed E-state index contributed by atoms with van der Waals surface area (Å²) in [6, 6.07) is 18.0. The SMILES string of the molecule is Cc1cccc(C)c1NC(=S)Nn1c(C)nc2cc(-c3ccccc3)sc2c1=O. The molecule has 0 saturated carbocycles. The Hall–Kier alpha value is -3.03. The molecule has 0 amide bonds. The summed E-state index contributed by atoms with van der Waals surface area (Å²) in [6.07, 6.45) is 0. The zero-order valence-electron chi connectivity index (χ0n) is 16.3. The largest absolute Gasteiger partial charge is 0.331 e. The summed E-state index contributed by atoms with van der Waals surface area (Å²) in [4.78, 5) is 18.7. The Morgan fingerprint density at radius 2 is 1.72 bits per heavy atom. The molecule has 4 aromatic rings. The number of rotatable bonds is 3. The predicted molar refractivity (Wildman–Crippen MR) is 126 cm³/mol. The van der Waals surface area contributed by atoms with Gasteiger partial charge in [0.05, 0.1) is 5.52 Å². The number of thiocarbonyl (C=S) groups is 1. The van der Waals surface area contributed by atoms with Crippen LogP contribution in [0, 0.1) is 20.8 Å². The van der Waals surface area contributed by atoms with Crippen LogP contribution in [0.5, 0.6) is 0 Å². The molecule has 0 atom stereocenters. The second-order valence-electron chi connectivity index (χ2n) is 6.82. The van der Waals surface area contributed by atoms with Gasteiger partial charge < -0.3 is 5.32 Å². The monoisotopic (exact) mass is 420 g/mol. The Labute approximate surface area is 178 Å².